The maximum atomic E-state index is 17.9. The summed E-state index contributed by atoms with van der Waals surface area (Å²) >= 11 is 0. The van der Waals surface area contributed by atoms with E-state index in [1.165, 1.54) is 34.1 Å². The highest BCUT2D eigenvalue weighted by molar-refractivity contribution is 6.00. The second kappa shape index (κ2) is 23.4. The molecule has 0 saturated heterocycles. The standard InChI is InChI=1S/C90H52F8N2O2/c1-3-51-13-35-63(36-14-51)101-65-39-43-75-71(47-65)83-79(93)49-81(95)85(97)87(83)99(61-33-41-69-67-9-5-7-11-73(67)89(75,77(69)45-61)55-21-25-57(91)26-22-55)59-29-17-53(18-30-59)54-19-31-60(32-20-54)100-62-34-42-70-68-10-6-8-12-74(68)90(78(70)46-62,56-23-27-58(92)28-24-56)76-44-40-66(102-64-37-15-52(4-2)16-38-64)48-72(76)84-80(94)50-82(96)86(98)88(84)100/h3-50H,1-2H2. The van der Waals surface area contributed by atoms with Crippen LogP contribution in [-0.2, 0) is 10.8 Å². The molecule has 2 heterocycles. The molecule has 0 spiro atoms. The second-order valence-corrected chi connectivity index (χ2v) is 25.8. The van der Waals surface area contributed by atoms with Gasteiger partial charge in [-0.3, -0.25) is 0 Å². The molecule has 0 amide bonds. The van der Waals surface area contributed by atoms with E-state index in [-0.39, 0.29) is 33.8 Å². The zero-order chi connectivity index (χ0) is 69.4. The van der Waals surface area contributed by atoms with Gasteiger partial charge in [-0.05, 0) is 221 Å². The van der Waals surface area contributed by atoms with Gasteiger partial charge < -0.3 is 19.3 Å². The lowest BCUT2D eigenvalue weighted by molar-refractivity contribution is 0.482. The molecule has 0 saturated carbocycles. The van der Waals surface area contributed by atoms with Gasteiger partial charge in [0.05, 0.1) is 22.2 Å². The highest BCUT2D eigenvalue weighted by Gasteiger charge is 2.51. The lowest BCUT2D eigenvalue weighted by Gasteiger charge is -2.35. The third-order valence-electron chi connectivity index (χ3n) is 20.5. The Labute approximate surface area is 581 Å². The summed E-state index contributed by atoms with van der Waals surface area (Å²) in [6.07, 6.45) is 3.40. The zero-order valence-corrected chi connectivity index (χ0v) is 53.9. The minimum atomic E-state index is -1.43. The molecule has 4 bridgehead atoms. The first kappa shape index (κ1) is 61.5. The van der Waals surface area contributed by atoms with E-state index < -0.39 is 68.7 Å². The van der Waals surface area contributed by atoms with Crippen molar-refractivity contribution in [2.75, 3.05) is 9.80 Å². The molecule has 14 aromatic carbocycles. The topological polar surface area (TPSA) is 24.9 Å². The Hall–Kier alpha value is -12.8. The molecule has 2 aliphatic carbocycles. The molecule has 2 unspecified atom stereocenters. The van der Waals surface area contributed by atoms with E-state index in [1.54, 1.807) is 146 Å². The van der Waals surface area contributed by atoms with Crippen LogP contribution in [0.2, 0.25) is 0 Å². The van der Waals surface area contributed by atoms with Gasteiger partial charge in [-0.1, -0.05) is 171 Å². The zero-order valence-electron chi connectivity index (χ0n) is 53.9. The molecule has 12 heteroatoms. The lowest BCUT2D eigenvalue weighted by atomic mass is 9.66. The molecule has 0 fully saturated rings. The first-order valence-corrected chi connectivity index (χ1v) is 33.0. The van der Waals surface area contributed by atoms with Crippen molar-refractivity contribution < 1.29 is 44.6 Å². The van der Waals surface area contributed by atoms with Gasteiger partial charge in [0.1, 0.15) is 46.3 Å². The number of hydrogen-bond donors (Lipinski definition) is 0. The second-order valence-electron chi connectivity index (χ2n) is 25.8. The smallest absolute Gasteiger partial charge is 0.183 e. The van der Waals surface area contributed by atoms with E-state index in [1.807, 2.05) is 109 Å². The predicted octanol–water partition coefficient (Wildman–Crippen LogP) is 25.0. The van der Waals surface area contributed by atoms with Crippen LogP contribution in [0.3, 0.4) is 0 Å². The molecule has 2 atom stereocenters. The van der Waals surface area contributed by atoms with Crippen molar-refractivity contribution in [3.05, 3.63) is 394 Å². The molecule has 102 heavy (non-hydrogen) atoms. The van der Waals surface area contributed by atoms with Crippen molar-refractivity contribution >= 4 is 46.3 Å². The quantitative estimate of drug-likeness (QED) is 0.0952. The van der Waals surface area contributed by atoms with Gasteiger partial charge in [-0.2, -0.15) is 0 Å². The molecule has 490 valence electrons. The highest BCUT2D eigenvalue weighted by atomic mass is 19.2. The number of nitrogens with zero attached hydrogens (tertiary/aromatic N) is 2. The van der Waals surface area contributed by atoms with Gasteiger partial charge in [0, 0.05) is 46.0 Å². The Kier molecular flexibility index (Phi) is 14.1. The van der Waals surface area contributed by atoms with Crippen LogP contribution in [-0.4, -0.2) is 0 Å². The Balaban J connectivity index is 0.802. The van der Waals surface area contributed by atoms with E-state index in [2.05, 4.69) is 13.2 Å². The molecule has 4 aliphatic rings. The van der Waals surface area contributed by atoms with Crippen LogP contribution in [0.25, 0.3) is 67.8 Å². The third kappa shape index (κ3) is 9.21. The lowest BCUT2D eigenvalue weighted by Crippen LogP contribution is -2.29. The summed E-state index contributed by atoms with van der Waals surface area (Å²) in [6, 6.07) is 79.0. The molecular formula is C90H52F8N2O2. The number of rotatable bonds is 11. The molecule has 4 nitrogen and oxygen atoms in total. The van der Waals surface area contributed by atoms with E-state index in [4.69, 9.17) is 9.47 Å². The van der Waals surface area contributed by atoms with Crippen molar-refractivity contribution in [1.29, 1.82) is 0 Å². The monoisotopic (exact) mass is 1340 g/mol. The van der Waals surface area contributed by atoms with Crippen molar-refractivity contribution in [3.63, 3.8) is 0 Å². The molecule has 2 aliphatic heterocycles. The maximum Gasteiger partial charge on any atom is 0.183 e. The number of hydrogen-bond acceptors (Lipinski definition) is 4. The summed E-state index contributed by atoms with van der Waals surface area (Å²) in [5, 5.41) is 0. The first-order valence-electron chi connectivity index (χ1n) is 33.0. The van der Waals surface area contributed by atoms with E-state index in [0.29, 0.717) is 90.9 Å². The number of benzene rings is 14. The van der Waals surface area contributed by atoms with Crippen molar-refractivity contribution in [2.24, 2.45) is 0 Å². The summed E-state index contributed by atoms with van der Waals surface area (Å²) in [5.74, 6) is -7.20. The summed E-state index contributed by atoms with van der Waals surface area (Å²) in [5.41, 5.74) is 9.20. The number of halogens is 8. The molecular weight excluding hydrogens is 1290 g/mol. The largest absolute Gasteiger partial charge is 0.457 e. The first-order chi connectivity index (χ1) is 49.7. The van der Waals surface area contributed by atoms with Gasteiger partial charge in [0.2, 0.25) is 0 Å². The van der Waals surface area contributed by atoms with Gasteiger partial charge >= 0.3 is 0 Å². The van der Waals surface area contributed by atoms with Crippen LogP contribution in [0.5, 0.6) is 23.0 Å². The van der Waals surface area contributed by atoms with E-state index in [0.717, 1.165) is 44.5 Å². The summed E-state index contributed by atoms with van der Waals surface area (Å²) in [6.45, 7) is 7.73. The molecule has 18 rings (SSSR count). The van der Waals surface area contributed by atoms with E-state index >= 15 is 35.1 Å². The van der Waals surface area contributed by atoms with Crippen LogP contribution in [0.1, 0.15) is 55.6 Å². The minimum absolute atomic E-state index is 0.173. The Morgan fingerprint density at radius 3 is 1.01 bits per heavy atom. The third-order valence-corrected chi connectivity index (χ3v) is 20.5. The molecule has 0 radical (unpaired) electrons. The minimum Gasteiger partial charge on any atom is -0.457 e. The number of ether oxygens (including phenoxy) is 2. The predicted molar refractivity (Wildman–Crippen MR) is 387 cm³/mol. The highest BCUT2D eigenvalue weighted by Crippen LogP contribution is 2.64. The maximum absolute atomic E-state index is 17.9. The summed E-state index contributed by atoms with van der Waals surface area (Å²) in [7, 11) is 0. The Morgan fingerprint density at radius 2 is 0.627 bits per heavy atom. The average molecular weight is 1350 g/mol. The average Bonchev–Trinajstić information content (AvgIpc) is 1.52. The fraction of sp³-hybridized carbons (Fsp3) is 0.0222. The SMILES string of the molecule is C=Cc1ccc(Oc2ccc3c(c2)-c2c(F)cc(F)c(F)c2N(c2ccc(-c4ccc(N5c6ccc7c(c6)C(c6ccc(F)cc6)(c6ccccc6-7)c6ccc(Oc7ccc(C=C)cc7)cc6-c6c(F)cc(F)c(F)c65)cc4)cc2)c2ccc4c(c2)C3(c2ccc(F)cc2)c2ccccc2-4)cc1. The van der Waals surface area contributed by atoms with Gasteiger partial charge in [-0.25, -0.2) is 35.1 Å². The van der Waals surface area contributed by atoms with Crippen LogP contribution in [0, 0.1) is 46.5 Å². The van der Waals surface area contributed by atoms with Crippen LogP contribution >= 0.6 is 0 Å². The van der Waals surface area contributed by atoms with Gasteiger partial charge in [-0.15, -0.1) is 0 Å². The molecule has 0 aromatic heterocycles. The fourth-order valence-corrected chi connectivity index (χ4v) is 16.1. The van der Waals surface area contributed by atoms with Crippen LogP contribution < -0.4 is 19.3 Å². The Bertz CT molecular complexity index is 5480. The fourth-order valence-electron chi connectivity index (χ4n) is 16.1. The van der Waals surface area contributed by atoms with Crippen LogP contribution in [0.15, 0.2) is 292 Å². The van der Waals surface area contributed by atoms with Crippen LogP contribution in [0.4, 0.5) is 69.2 Å². The van der Waals surface area contributed by atoms with Gasteiger partial charge in [0.15, 0.2) is 23.3 Å². The van der Waals surface area contributed by atoms with Gasteiger partial charge in [0.25, 0.3) is 0 Å². The summed E-state index contributed by atoms with van der Waals surface area (Å²) < 4.78 is 148. The summed E-state index contributed by atoms with van der Waals surface area (Å²) in [4.78, 5) is 3.00. The van der Waals surface area contributed by atoms with Crippen molar-refractivity contribution in [3.8, 4) is 78.6 Å². The Morgan fingerprint density at radius 1 is 0.284 bits per heavy atom. The number of fused-ring (bicyclic) bond motifs is 16. The number of anilines is 6. The van der Waals surface area contributed by atoms with Crippen molar-refractivity contribution in [2.45, 2.75) is 10.8 Å². The van der Waals surface area contributed by atoms with E-state index in [9.17, 15) is 0 Å². The molecule has 0 N–H and O–H groups in total. The normalized spacial score (nSPS) is 15.4. The molecule has 14 aromatic rings. The van der Waals surface area contributed by atoms with Crippen molar-refractivity contribution in [1.82, 2.24) is 0 Å².